The lowest BCUT2D eigenvalue weighted by molar-refractivity contribution is -0.116. The summed E-state index contributed by atoms with van der Waals surface area (Å²) in [7, 11) is 0. The molecule has 0 heterocycles. The Labute approximate surface area is 124 Å². The third-order valence-electron chi connectivity index (χ3n) is 2.91. The molecular formula is C15H22INO. The molecule has 1 aromatic rings. The summed E-state index contributed by atoms with van der Waals surface area (Å²) < 4.78 is 1.10. The van der Waals surface area contributed by atoms with Gasteiger partial charge in [0.15, 0.2) is 0 Å². The molecule has 1 N–H and O–H groups in total. The van der Waals surface area contributed by atoms with E-state index in [0.29, 0.717) is 6.42 Å². The minimum absolute atomic E-state index is 0.133. The summed E-state index contributed by atoms with van der Waals surface area (Å²) in [6, 6.07) is 6.09. The molecule has 3 heteroatoms. The van der Waals surface area contributed by atoms with Crippen LogP contribution in [0.15, 0.2) is 18.2 Å². The van der Waals surface area contributed by atoms with Crippen molar-refractivity contribution in [3.8, 4) is 0 Å². The first-order chi connectivity index (χ1) is 8.63. The number of amides is 1. The number of nitrogens with one attached hydrogen (secondary N) is 1. The van der Waals surface area contributed by atoms with Crippen molar-refractivity contribution < 1.29 is 4.79 Å². The Balaban J connectivity index is 2.31. The fourth-order valence-corrected chi connectivity index (χ4v) is 2.63. The summed E-state index contributed by atoms with van der Waals surface area (Å²) in [4.78, 5) is 11.8. The summed E-state index contributed by atoms with van der Waals surface area (Å²) >= 11 is 2.26. The van der Waals surface area contributed by atoms with Crippen LogP contribution in [0.5, 0.6) is 0 Å². The fourth-order valence-electron chi connectivity index (χ4n) is 1.82. The molecule has 0 aromatic heterocycles. The first-order valence-corrected chi connectivity index (χ1v) is 7.77. The normalized spacial score (nSPS) is 10.4. The van der Waals surface area contributed by atoms with Crippen LogP contribution in [-0.2, 0) is 4.79 Å². The lowest BCUT2D eigenvalue weighted by Gasteiger charge is -2.08. The molecule has 0 unspecified atom stereocenters. The smallest absolute Gasteiger partial charge is 0.224 e. The maximum Gasteiger partial charge on any atom is 0.224 e. The molecule has 1 aromatic carbocycles. The fraction of sp³-hybridized carbons (Fsp3) is 0.533. The minimum Gasteiger partial charge on any atom is -0.325 e. The Bertz CT molecular complexity index is 390. The van der Waals surface area contributed by atoms with Crippen molar-refractivity contribution in [2.75, 3.05) is 5.32 Å². The van der Waals surface area contributed by atoms with Crippen LogP contribution < -0.4 is 5.32 Å². The van der Waals surface area contributed by atoms with Crippen LogP contribution in [0.1, 0.15) is 51.0 Å². The molecular weight excluding hydrogens is 337 g/mol. The van der Waals surface area contributed by atoms with Gasteiger partial charge in [0.1, 0.15) is 0 Å². The van der Waals surface area contributed by atoms with E-state index in [4.69, 9.17) is 0 Å². The Morgan fingerprint density at radius 2 is 1.94 bits per heavy atom. The SMILES string of the molecule is CCCCCCCC(=O)Nc1ccc(C)cc1I. The van der Waals surface area contributed by atoms with Gasteiger partial charge in [0.05, 0.1) is 5.69 Å². The molecule has 0 spiro atoms. The molecule has 0 saturated heterocycles. The van der Waals surface area contributed by atoms with Gasteiger partial charge in [0.2, 0.25) is 5.91 Å². The van der Waals surface area contributed by atoms with Crippen molar-refractivity contribution in [1.29, 1.82) is 0 Å². The number of aryl methyl sites for hydroxylation is 1. The summed E-state index contributed by atoms with van der Waals surface area (Å²) in [5.74, 6) is 0.133. The predicted molar refractivity (Wildman–Crippen MR) is 85.9 cm³/mol. The molecule has 0 aliphatic carbocycles. The lowest BCUT2D eigenvalue weighted by Crippen LogP contribution is -2.12. The zero-order valence-electron chi connectivity index (χ0n) is 11.3. The van der Waals surface area contributed by atoms with Crippen molar-refractivity contribution in [1.82, 2.24) is 0 Å². The van der Waals surface area contributed by atoms with E-state index in [2.05, 4.69) is 47.8 Å². The summed E-state index contributed by atoms with van der Waals surface area (Å²) in [5.41, 5.74) is 2.15. The van der Waals surface area contributed by atoms with Gasteiger partial charge in [0, 0.05) is 9.99 Å². The van der Waals surface area contributed by atoms with Crippen LogP contribution in [-0.4, -0.2) is 5.91 Å². The average molecular weight is 359 g/mol. The van der Waals surface area contributed by atoms with Crippen LogP contribution in [0.2, 0.25) is 0 Å². The van der Waals surface area contributed by atoms with E-state index < -0.39 is 0 Å². The number of anilines is 1. The Hall–Kier alpha value is -0.580. The van der Waals surface area contributed by atoms with E-state index in [-0.39, 0.29) is 5.91 Å². The van der Waals surface area contributed by atoms with Crippen LogP contribution in [0.4, 0.5) is 5.69 Å². The number of rotatable bonds is 7. The highest BCUT2D eigenvalue weighted by Crippen LogP contribution is 2.19. The summed E-state index contributed by atoms with van der Waals surface area (Å²) in [6.45, 7) is 4.26. The van der Waals surface area contributed by atoms with Gasteiger partial charge in [-0.1, -0.05) is 38.7 Å². The van der Waals surface area contributed by atoms with E-state index in [1.54, 1.807) is 0 Å². The number of carbonyl (C=O) groups excluding carboxylic acids is 1. The van der Waals surface area contributed by atoms with Gasteiger partial charge >= 0.3 is 0 Å². The van der Waals surface area contributed by atoms with Gasteiger partial charge in [-0.25, -0.2) is 0 Å². The number of benzene rings is 1. The maximum absolute atomic E-state index is 11.8. The molecule has 0 bridgehead atoms. The van der Waals surface area contributed by atoms with Crippen LogP contribution in [0, 0.1) is 10.5 Å². The van der Waals surface area contributed by atoms with Crippen LogP contribution in [0.3, 0.4) is 0 Å². The van der Waals surface area contributed by atoms with Crippen molar-refractivity contribution in [2.45, 2.75) is 52.4 Å². The van der Waals surface area contributed by atoms with E-state index >= 15 is 0 Å². The van der Waals surface area contributed by atoms with Gasteiger partial charge in [-0.05, 0) is 53.6 Å². The highest BCUT2D eigenvalue weighted by molar-refractivity contribution is 14.1. The highest BCUT2D eigenvalue weighted by Gasteiger charge is 2.05. The number of hydrogen-bond acceptors (Lipinski definition) is 1. The van der Waals surface area contributed by atoms with Gasteiger partial charge in [-0.3, -0.25) is 4.79 Å². The molecule has 1 amide bonds. The molecule has 0 aliphatic rings. The Morgan fingerprint density at radius 1 is 1.22 bits per heavy atom. The van der Waals surface area contributed by atoms with Crippen molar-refractivity contribution in [3.05, 3.63) is 27.3 Å². The topological polar surface area (TPSA) is 29.1 Å². The summed E-state index contributed by atoms with van der Waals surface area (Å²) in [6.07, 6.45) is 6.55. The number of halogens is 1. The summed E-state index contributed by atoms with van der Waals surface area (Å²) in [5, 5.41) is 2.98. The molecule has 1 rings (SSSR count). The zero-order chi connectivity index (χ0) is 13.4. The molecule has 0 aliphatic heterocycles. The lowest BCUT2D eigenvalue weighted by atomic mass is 10.1. The maximum atomic E-state index is 11.8. The second kappa shape index (κ2) is 8.51. The molecule has 0 fully saturated rings. The van der Waals surface area contributed by atoms with Crippen molar-refractivity contribution in [2.24, 2.45) is 0 Å². The molecule has 2 nitrogen and oxygen atoms in total. The molecule has 100 valence electrons. The number of hydrogen-bond donors (Lipinski definition) is 1. The van der Waals surface area contributed by atoms with Gasteiger partial charge < -0.3 is 5.32 Å². The van der Waals surface area contributed by atoms with Crippen LogP contribution >= 0.6 is 22.6 Å². The van der Waals surface area contributed by atoms with Gasteiger partial charge in [-0.2, -0.15) is 0 Å². The largest absolute Gasteiger partial charge is 0.325 e. The molecule has 0 saturated carbocycles. The molecule has 0 radical (unpaired) electrons. The predicted octanol–water partition coefficient (Wildman–Crippen LogP) is 4.90. The van der Waals surface area contributed by atoms with E-state index in [1.807, 2.05) is 12.1 Å². The molecule has 0 atom stereocenters. The van der Waals surface area contributed by atoms with E-state index in [1.165, 1.54) is 24.8 Å². The van der Waals surface area contributed by atoms with Gasteiger partial charge in [-0.15, -0.1) is 0 Å². The number of unbranched alkanes of at least 4 members (excludes halogenated alkanes) is 4. The van der Waals surface area contributed by atoms with E-state index in [0.717, 1.165) is 22.1 Å². The second-order valence-corrected chi connectivity index (χ2v) is 5.86. The molecule has 18 heavy (non-hydrogen) atoms. The Kier molecular flexibility index (Phi) is 7.32. The first kappa shape index (κ1) is 15.5. The Morgan fingerprint density at radius 3 is 2.61 bits per heavy atom. The number of carbonyl (C=O) groups is 1. The van der Waals surface area contributed by atoms with Crippen molar-refractivity contribution in [3.63, 3.8) is 0 Å². The highest BCUT2D eigenvalue weighted by atomic mass is 127. The third kappa shape index (κ3) is 5.85. The van der Waals surface area contributed by atoms with Crippen LogP contribution in [0.25, 0.3) is 0 Å². The quantitative estimate of drug-likeness (QED) is 0.545. The standard InChI is InChI=1S/C15H22INO/c1-3-4-5-6-7-8-15(18)17-14-10-9-12(2)11-13(14)16/h9-11H,3-8H2,1-2H3,(H,17,18). The monoisotopic (exact) mass is 359 g/mol. The van der Waals surface area contributed by atoms with E-state index in [9.17, 15) is 4.79 Å². The third-order valence-corrected chi connectivity index (χ3v) is 3.80. The van der Waals surface area contributed by atoms with Gasteiger partial charge in [0.25, 0.3) is 0 Å². The first-order valence-electron chi connectivity index (χ1n) is 6.69. The second-order valence-electron chi connectivity index (χ2n) is 4.70. The zero-order valence-corrected chi connectivity index (χ0v) is 13.4. The average Bonchev–Trinajstić information content (AvgIpc) is 2.32. The minimum atomic E-state index is 0.133. The van der Waals surface area contributed by atoms with Crippen molar-refractivity contribution >= 4 is 34.2 Å².